The van der Waals surface area contributed by atoms with E-state index in [1.54, 1.807) is 18.2 Å². The highest BCUT2D eigenvalue weighted by atomic mass is 32.2. The average molecular weight is 682 g/mol. The molecule has 0 saturated heterocycles. The Balaban J connectivity index is 1.21. The first-order valence-corrected chi connectivity index (χ1v) is 20.8. The molecule has 8 fully saturated rings. The van der Waals surface area contributed by atoms with Crippen molar-refractivity contribution in [1.29, 1.82) is 0 Å². The molecule has 8 bridgehead atoms. The lowest BCUT2D eigenvalue weighted by Crippen LogP contribution is -2.50. The van der Waals surface area contributed by atoms with Gasteiger partial charge in [-0.15, -0.1) is 0 Å². The molecular formula is C40H41O6S2-. The molecule has 48 heavy (non-hydrogen) atoms. The zero-order chi connectivity index (χ0) is 32.6. The zero-order valence-electron chi connectivity index (χ0n) is 27.1. The van der Waals surface area contributed by atoms with Crippen LogP contribution in [0.2, 0.25) is 0 Å². The average Bonchev–Trinajstić information content (AvgIpc) is 3.02. The van der Waals surface area contributed by atoms with Crippen molar-refractivity contribution >= 4 is 41.8 Å². The van der Waals surface area contributed by atoms with Gasteiger partial charge in [0.25, 0.3) is 0 Å². The third kappa shape index (κ3) is 4.43. The second-order valence-electron chi connectivity index (χ2n) is 16.8. The first-order valence-electron chi connectivity index (χ1n) is 18.0. The lowest BCUT2D eigenvalue weighted by atomic mass is 9.46. The van der Waals surface area contributed by atoms with Gasteiger partial charge in [-0.25, -0.2) is 8.42 Å². The standard InChI is InChI=1S/C40H42O6S2/c41-47(42,43)36-10-9-35(31-6-2-3-7-32(31)36)46-48(44,45)37-17-34(39-18-24-11-25(19-39)13-26(12-24)20-39)30-5-1-4-8-33(30)38(37)40-21-27-14-28(22-40)16-29(15-27)23-40/h1-10,17,24-29H,11-16,18-23H2,(H,41,42,43)/p-1. The van der Waals surface area contributed by atoms with Crippen LogP contribution in [-0.2, 0) is 31.1 Å². The summed E-state index contributed by atoms with van der Waals surface area (Å²) in [6.07, 6.45) is 14.1. The summed E-state index contributed by atoms with van der Waals surface area (Å²) in [5.41, 5.74) is 1.89. The Hall–Kier alpha value is -2.94. The summed E-state index contributed by atoms with van der Waals surface area (Å²) in [6, 6.07) is 19.7. The van der Waals surface area contributed by atoms with Gasteiger partial charge in [0.1, 0.15) is 15.0 Å². The van der Waals surface area contributed by atoms with Crippen molar-refractivity contribution in [2.75, 3.05) is 0 Å². The highest BCUT2D eigenvalue weighted by Gasteiger charge is 2.56. The second kappa shape index (κ2) is 10.1. The van der Waals surface area contributed by atoms with Crippen LogP contribution in [0, 0.1) is 35.5 Å². The molecular weight excluding hydrogens is 641 g/mol. The van der Waals surface area contributed by atoms with Crippen LogP contribution in [-0.4, -0.2) is 21.4 Å². The van der Waals surface area contributed by atoms with Gasteiger partial charge in [-0.05, 0) is 163 Å². The molecule has 0 unspecified atom stereocenters. The summed E-state index contributed by atoms with van der Waals surface area (Å²) in [7, 11) is -9.17. The van der Waals surface area contributed by atoms with Crippen molar-refractivity contribution in [3.63, 3.8) is 0 Å². The molecule has 0 radical (unpaired) electrons. The summed E-state index contributed by atoms with van der Waals surface area (Å²) in [5.74, 6) is 4.03. The van der Waals surface area contributed by atoms with Crippen LogP contribution in [0.1, 0.15) is 88.2 Å². The van der Waals surface area contributed by atoms with Crippen molar-refractivity contribution in [3.8, 4) is 5.75 Å². The molecule has 8 aliphatic carbocycles. The van der Waals surface area contributed by atoms with Crippen molar-refractivity contribution in [2.45, 2.75) is 97.7 Å². The van der Waals surface area contributed by atoms with Gasteiger partial charge in [0.2, 0.25) is 0 Å². The Morgan fingerprint density at radius 2 is 1.00 bits per heavy atom. The largest absolute Gasteiger partial charge is 0.744 e. The zero-order valence-corrected chi connectivity index (χ0v) is 28.7. The van der Waals surface area contributed by atoms with E-state index in [2.05, 4.69) is 30.3 Å². The van der Waals surface area contributed by atoms with Gasteiger partial charge in [0.15, 0.2) is 5.75 Å². The van der Waals surface area contributed by atoms with E-state index < -0.39 is 20.2 Å². The van der Waals surface area contributed by atoms with E-state index in [4.69, 9.17) is 4.18 Å². The molecule has 250 valence electrons. The minimum atomic E-state index is -4.78. The highest BCUT2D eigenvalue weighted by Crippen LogP contribution is 2.65. The monoisotopic (exact) mass is 681 g/mol. The summed E-state index contributed by atoms with van der Waals surface area (Å²) in [5, 5.41) is 2.75. The molecule has 8 heteroatoms. The predicted molar refractivity (Wildman–Crippen MR) is 183 cm³/mol. The van der Waals surface area contributed by atoms with Crippen molar-refractivity contribution < 1.29 is 25.6 Å². The molecule has 0 atom stereocenters. The fourth-order valence-corrected chi connectivity index (χ4v) is 15.1. The van der Waals surface area contributed by atoms with Gasteiger partial charge in [0, 0.05) is 10.8 Å². The fraction of sp³-hybridized carbons (Fsp3) is 0.500. The Morgan fingerprint density at radius 3 is 1.52 bits per heavy atom. The van der Waals surface area contributed by atoms with Gasteiger partial charge in [-0.3, -0.25) is 0 Å². The Bertz CT molecular complexity index is 2170. The van der Waals surface area contributed by atoms with Gasteiger partial charge in [-0.2, -0.15) is 8.42 Å². The third-order valence-corrected chi connectivity index (χ3v) is 15.9. The summed E-state index contributed by atoms with van der Waals surface area (Å²) in [4.78, 5) is -0.0783. The second-order valence-corrected chi connectivity index (χ2v) is 19.7. The Kier molecular flexibility index (Phi) is 6.28. The molecule has 0 spiro atoms. The molecule has 0 heterocycles. The van der Waals surface area contributed by atoms with Crippen LogP contribution in [0.25, 0.3) is 21.5 Å². The lowest BCUT2D eigenvalue weighted by Gasteiger charge is -2.58. The normalized spacial score (nSPS) is 35.1. The van der Waals surface area contributed by atoms with E-state index in [0.717, 1.165) is 49.5 Å². The predicted octanol–water partition coefficient (Wildman–Crippen LogP) is 8.60. The number of rotatable bonds is 6. The highest BCUT2D eigenvalue weighted by molar-refractivity contribution is 7.87. The van der Waals surface area contributed by atoms with Crippen LogP contribution in [0.5, 0.6) is 5.75 Å². The molecule has 4 aromatic carbocycles. The van der Waals surface area contributed by atoms with Gasteiger partial charge in [-0.1, -0.05) is 48.5 Å². The summed E-state index contributed by atoms with van der Waals surface area (Å²) >= 11 is 0. The minimum Gasteiger partial charge on any atom is -0.744 e. The molecule has 8 aliphatic rings. The maximum absolute atomic E-state index is 15.1. The molecule has 0 aliphatic heterocycles. The number of hydrogen-bond donors (Lipinski definition) is 0. The molecule has 4 aromatic rings. The van der Waals surface area contributed by atoms with Gasteiger partial charge < -0.3 is 8.74 Å². The topological polar surface area (TPSA) is 101 Å². The van der Waals surface area contributed by atoms with E-state index in [-0.39, 0.29) is 32.2 Å². The van der Waals surface area contributed by atoms with E-state index in [1.165, 1.54) is 67.7 Å². The van der Waals surface area contributed by atoms with Crippen LogP contribution in [0.15, 0.2) is 76.5 Å². The van der Waals surface area contributed by atoms with Crippen molar-refractivity contribution in [2.24, 2.45) is 35.5 Å². The van der Waals surface area contributed by atoms with Crippen LogP contribution >= 0.6 is 0 Å². The third-order valence-electron chi connectivity index (χ3n) is 13.8. The number of hydrogen-bond acceptors (Lipinski definition) is 6. The van der Waals surface area contributed by atoms with Crippen LogP contribution in [0.4, 0.5) is 0 Å². The Labute approximate surface area is 283 Å². The van der Waals surface area contributed by atoms with E-state index in [1.807, 2.05) is 0 Å². The minimum absolute atomic E-state index is 0.0323. The summed E-state index contributed by atoms with van der Waals surface area (Å²) < 4.78 is 72.7. The van der Waals surface area contributed by atoms with Crippen LogP contribution in [0.3, 0.4) is 0 Å². The maximum Gasteiger partial charge on any atom is 0.339 e. The number of fused-ring (bicyclic) bond motifs is 2. The maximum atomic E-state index is 15.1. The summed E-state index contributed by atoms with van der Waals surface area (Å²) in [6.45, 7) is 0. The molecule has 0 aromatic heterocycles. The molecule has 0 N–H and O–H groups in total. The van der Waals surface area contributed by atoms with E-state index in [9.17, 15) is 13.0 Å². The van der Waals surface area contributed by atoms with Gasteiger partial charge >= 0.3 is 10.1 Å². The van der Waals surface area contributed by atoms with Crippen molar-refractivity contribution in [1.82, 2.24) is 0 Å². The first-order chi connectivity index (χ1) is 23.0. The lowest BCUT2D eigenvalue weighted by molar-refractivity contribution is -0.00703. The fourth-order valence-electron chi connectivity index (χ4n) is 13.1. The van der Waals surface area contributed by atoms with Gasteiger partial charge in [0.05, 0.1) is 4.90 Å². The molecule has 0 amide bonds. The van der Waals surface area contributed by atoms with E-state index in [0.29, 0.717) is 40.4 Å². The SMILES string of the molecule is O=S(=O)([O-])c1ccc(OS(=O)(=O)c2cc(C34CC5CC(CC(C5)C3)C4)c3ccccc3c2C23CC4CC(CC(C4)C2)C3)c2ccccc12. The Morgan fingerprint density at radius 1 is 0.542 bits per heavy atom. The molecule has 6 nitrogen and oxygen atoms in total. The van der Waals surface area contributed by atoms with Crippen molar-refractivity contribution in [3.05, 3.63) is 77.9 Å². The first kappa shape index (κ1) is 29.9. The number of benzene rings is 4. The quantitative estimate of drug-likeness (QED) is 0.149. The smallest absolute Gasteiger partial charge is 0.339 e. The van der Waals surface area contributed by atoms with Crippen LogP contribution < -0.4 is 4.18 Å². The molecule has 12 rings (SSSR count). The molecule has 8 saturated carbocycles. The van der Waals surface area contributed by atoms with E-state index >= 15 is 8.42 Å².